The van der Waals surface area contributed by atoms with E-state index in [2.05, 4.69) is 12.2 Å². The van der Waals surface area contributed by atoms with Crippen molar-refractivity contribution in [2.75, 3.05) is 0 Å². The van der Waals surface area contributed by atoms with Crippen LogP contribution in [-0.4, -0.2) is 5.24 Å². The normalized spacial score (nSPS) is 25.7. The fourth-order valence-corrected chi connectivity index (χ4v) is 1.55. The minimum Gasteiger partial charge on any atom is -0.281 e. The van der Waals surface area contributed by atoms with E-state index in [-0.39, 0.29) is 11.2 Å². The second-order valence-corrected chi connectivity index (χ2v) is 3.37. The van der Waals surface area contributed by atoms with E-state index in [4.69, 9.17) is 11.6 Å². The van der Waals surface area contributed by atoms with Crippen LogP contribution in [0.4, 0.5) is 0 Å². The predicted molar refractivity (Wildman–Crippen MR) is 46.6 cm³/mol. The third kappa shape index (κ3) is 3.06. The van der Waals surface area contributed by atoms with Crippen LogP contribution < -0.4 is 0 Å². The van der Waals surface area contributed by atoms with Crippen LogP contribution in [0.15, 0.2) is 12.2 Å². The molecular formula is C9H13ClO. The summed E-state index contributed by atoms with van der Waals surface area (Å²) >= 11 is 5.41. The topological polar surface area (TPSA) is 17.1 Å². The molecule has 0 saturated heterocycles. The minimum atomic E-state index is -0.170. The van der Waals surface area contributed by atoms with Crippen LogP contribution in [0, 0.1) is 5.92 Å². The second kappa shape index (κ2) is 4.55. The van der Waals surface area contributed by atoms with Crippen LogP contribution in [-0.2, 0) is 4.79 Å². The first kappa shape index (κ1) is 8.79. The Morgan fingerprint density at radius 3 is 2.91 bits per heavy atom. The zero-order chi connectivity index (χ0) is 8.10. The van der Waals surface area contributed by atoms with Gasteiger partial charge in [0.2, 0.25) is 5.24 Å². The molecule has 0 bridgehead atoms. The molecule has 0 aromatic carbocycles. The minimum absolute atomic E-state index is 0.0771. The van der Waals surface area contributed by atoms with Gasteiger partial charge in [-0.05, 0) is 37.3 Å². The van der Waals surface area contributed by atoms with Crippen LogP contribution in [0.5, 0.6) is 0 Å². The van der Waals surface area contributed by atoms with E-state index in [1.54, 1.807) is 0 Å². The van der Waals surface area contributed by atoms with E-state index in [0.717, 1.165) is 25.7 Å². The summed E-state index contributed by atoms with van der Waals surface area (Å²) in [5.41, 5.74) is 0. The molecule has 0 fully saturated rings. The van der Waals surface area contributed by atoms with Gasteiger partial charge in [-0.1, -0.05) is 18.6 Å². The number of hydrogen-bond acceptors (Lipinski definition) is 1. The molecule has 0 N–H and O–H groups in total. The monoisotopic (exact) mass is 172 g/mol. The average Bonchev–Trinajstić information content (AvgIpc) is 1.84. The molecule has 1 nitrogen and oxygen atoms in total. The molecule has 0 aromatic heterocycles. The summed E-state index contributed by atoms with van der Waals surface area (Å²) in [6.45, 7) is 0. The fraction of sp³-hybridized carbons (Fsp3) is 0.667. The summed E-state index contributed by atoms with van der Waals surface area (Å²) in [6.07, 6.45) is 9.50. The van der Waals surface area contributed by atoms with Gasteiger partial charge in [0.15, 0.2) is 0 Å². The quantitative estimate of drug-likeness (QED) is 0.439. The Morgan fingerprint density at radius 2 is 2.18 bits per heavy atom. The fourth-order valence-electron chi connectivity index (χ4n) is 1.36. The van der Waals surface area contributed by atoms with Crippen LogP contribution >= 0.6 is 11.6 Å². The van der Waals surface area contributed by atoms with Gasteiger partial charge in [-0.15, -0.1) is 0 Å². The molecule has 2 heteroatoms. The smallest absolute Gasteiger partial charge is 0.225 e. The molecule has 0 aliphatic heterocycles. The highest BCUT2D eigenvalue weighted by atomic mass is 35.5. The molecule has 0 aromatic rings. The van der Waals surface area contributed by atoms with Crippen LogP contribution in [0.25, 0.3) is 0 Å². The van der Waals surface area contributed by atoms with Gasteiger partial charge >= 0.3 is 0 Å². The Labute approximate surface area is 72.4 Å². The van der Waals surface area contributed by atoms with Gasteiger partial charge in [0.25, 0.3) is 0 Å². The maximum Gasteiger partial charge on any atom is 0.225 e. The van der Waals surface area contributed by atoms with Crippen molar-refractivity contribution in [2.45, 2.75) is 32.1 Å². The first-order valence-corrected chi connectivity index (χ1v) is 4.53. The van der Waals surface area contributed by atoms with Crippen LogP contribution in [0.2, 0.25) is 0 Å². The lowest BCUT2D eigenvalue weighted by atomic mass is 9.96. The van der Waals surface area contributed by atoms with Crippen molar-refractivity contribution in [2.24, 2.45) is 5.92 Å². The van der Waals surface area contributed by atoms with Gasteiger partial charge in [0, 0.05) is 5.92 Å². The summed E-state index contributed by atoms with van der Waals surface area (Å²) in [5, 5.41) is -0.170. The van der Waals surface area contributed by atoms with E-state index >= 15 is 0 Å². The Hall–Kier alpha value is -0.300. The summed E-state index contributed by atoms with van der Waals surface area (Å²) in [5.74, 6) is 0.0771. The molecule has 0 spiro atoms. The lowest BCUT2D eigenvalue weighted by molar-refractivity contribution is -0.115. The summed E-state index contributed by atoms with van der Waals surface area (Å²) in [4.78, 5) is 10.8. The van der Waals surface area contributed by atoms with E-state index < -0.39 is 0 Å². The van der Waals surface area contributed by atoms with Gasteiger partial charge in [0.1, 0.15) is 0 Å². The number of hydrogen-bond donors (Lipinski definition) is 0. The highest BCUT2D eigenvalue weighted by molar-refractivity contribution is 6.63. The Balaban J connectivity index is 2.45. The van der Waals surface area contributed by atoms with Crippen molar-refractivity contribution in [3.8, 4) is 0 Å². The molecule has 1 atom stereocenters. The molecular weight excluding hydrogens is 160 g/mol. The highest BCUT2D eigenvalue weighted by Gasteiger charge is 2.14. The van der Waals surface area contributed by atoms with Gasteiger partial charge in [-0.25, -0.2) is 0 Å². The molecule has 11 heavy (non-hydrogen) atoms. The Morgan fingerprint density at radius 1 is 1.36 bits per heavy atom. The van der Waals surface area contributed by atoms with Crippen molar-refractivity contribution >= 4 is 16.8 Å². The number of carbonyl (C=O) groups is 1. The van der Waals surface area contributed by atoms with E-state index in [9.17, 15) is 4.79 Å². The molecule has 0 saturated carbocycles. The molecule has 1 aliphatic carbocycles. The lowest BCUT2D eigenvalue weighted by Gasteiger charge is -2.11. The highest BCUT2D eigenvalue weighted by Crippen LogP contribution is 2.19. The zero-order valence-electron chi connectivity index (χ0n) is 6.55. The van der Waals surface area contributed by atoms with Crippen molar-refractivity contribution < 1.29 is 4.79 Å². The van der Waals surface area contributed by atoms with E-state index in [0.29, 0.717) is 0 Å². The third-order valence-corrected chi connectivity index (χ3v) is 2.39. The molecule has 0 amide bonds. The predicted octanol–water partition coefficient (Wildman–Crippen LogP) is 2.89. The Bertz CT molecular complexity index is 163. The maximum absolute atomic E-state index is 10.8. The molecule has 1 aliphatic rings. The largest absolute Gasteiger partial charge is 0.281 e. The summed E-state index contributed by atoms with van der Waals surface area (Å²) in [7, 11) is 0. The molecule has 1 unspecified atom stereocenters. The van der Waals surface area contributed by atoms with E-state index in [1.807, 2.05) is 0 Å². The van der Waals surface area contributed by atoms with Crippen molar-refractivity contribution in [1.29, 1.82) is 0 Å². The third-order valence-electron chi connectivity index (χ3n) is 2.08. The van der Waals surface area contributed by atoms with Gasteiger partial charge in [0.05, 0.1) is 0 Å². The zero-order valence-corrected chi connectivity index (χ0v) is 7.31. The van der Waals surface area contributed by atoms with Crippen LogP contribution in [0.3, 0.4) is 0 Å². The van der Waals surface area contributed by atoms with Gasteiger partial charge < -0.3 is 0 Å². The molecule has 0 radical (unpaired) electrons. The van der Waals surface area contributed by atoms with Crippen molar-refractivity contribution in [3.05, 3.63) is 12.2 Å². The number of allylic oxidation sites excluding steroid dienone is 2. The average molecular weight is 173 g/mol. The summed E-state index contributed by atoms with van der Waals surface area (Å²) in [6, 6.07) is 0. The number of rotatable bonds is 1. The number of halogens is 1. The summed E-state index contributed by atoms with van der Waals surface area (Å²) < 4.78 is 0. The van der Waals surface area contributed by atoms with Gasteiger partial charge in [-0.2, -0.15) is 0 Å². The second-order valence-electron chi connectivity index (χ2n) is 2.99. The van der Waals surface area contributed by atoms with Crippen molar-refractivity contribution in [1.82, 2.24) is 0 Å². The van der Waals surface area contributed by atoms with Gasteiger partial charge in [-0.3, -0.25) is 4.79 Å². The Kier molecular flexibility index (Phi) is 3.64. The first-order valence-electron chi connectivity index (χ1n) is 4.15. The van der Waals surface area contributed by atoms with Crippen molar-refractivity contribution in [3.63, 3.8) is 0 Å². The first-order chi connectivity index (χ1) is 5.30. The molecule has 0 heterocycles. The molecule has 62 valence electrons. The number of carbonyl (C=O) groups excluding carboxylic acids is 1. The maximum atomic E-state index is 10.8. The van der Waals surface area contributed by atoms with E-state index in [1.165, 1.54) is 6.42 Å². The molecule has 1 rings (SSSR count). The van der Waals surface area contributed by atoms with Crippen LogP contribution in [0.1, 0.15) is 32.1 Å². The SMILES string of the molecule is O=C(Cl)C1CC=CCCCC1. The lowest BCUT2D eigenvalue weighted by Crippen LogP contribution is -2.08. The standard InChI is InChI=1S/C9H13ClO/c10-9(11)8-6-4-2-1-3-5-7-8/h2,4,8H,1,3,5-7H2.